The third-order valence-corrected chi connectivity index (χ3v) is 4.80. The van der Waals surface area contributed by atoms with E-state index < -0.39 is 14.6 Å². The van der Waals surface area contributed by atoms with Gasteiger partial charge in [0.15, 0.2) is 15.6 Å². The molecule has 0 saturated carbocycles. The molecule has 0 rings (SSSR count). The Bertz CT molecular complexity index is 298. The van der Waals surface area contributed by atoms with E-state index in [2.05, 4.69) is 4.74 Å². The van der Waals surface area contributed by atoms with Gasteiger partial charge in [0.05, 0.1) is 10.5 Å². The summed E-state index contributed by atoms with van der Waals surface area (Å²) in [7, 11) is -1.65. The van der Waals surface area contributed by atoms with Gasteiger partial charge in [0.2, 0.25) is 0 Å². The summed E-state index contributed by atoms with van der Waals surface area (Å²) in [6.45, 7) is 5.06. The number of methoxy groups -OCH3 is 1. The molecule has 0 amide bonds. The molecule has 15 heavy (non-hydrogen) atoms. The lowest BCUT2D eigenvalue weighted by Crippen LogP contribution is -2.30. The molecule has 0 aliphatic rings. The molecule has 0 saturated heterocycles. The molecule has 0 atom stereocenters. The van der Waals surface area contributed by atoms with Crippen LogP contribution in [0.1, 0.15) is 33.6 Å². The summed E-state index contributed by atoms with van der Waals surface area (Å²) in [6, 6.07) is 0. The smallest absolute Gasteiger partial charge is 0.158 e. The Labute approximate surface area is 91.9 Å². The molecule has 0 radical (unpaired) electrons. The van der Waals surface area contributed by atoms with Crippen LogP contribution < -0.4 is 0 Å². The van der Waals surface area contributed by atoms with Crippen molar-refractivity contribution in [1.82, 2.24) is 0 Å². The third kappa shape index (κ3) is 5.28. The highest BCUT2D eigenvalue weighted by Gasteiger charge is 2.28. The van der Waals surface area contributed by atoms with Crippen molar-refractivity contribution in [3.63, 3.8) is 0 Å². The van der Waals surface area contributed by atoms with Gasteiger partial charge in [0, 0.05) is 13.5 Å². The second-order valence-electron chi connectivity index (χ2n) is 4.51. The van der Waals surface area contributed by atoms with Gasteiger partial charge in [-0.15, -0.1) is 0 Å². The van der Waals surface area contributed by atoms with Crippen LogP contribution in [-0.4, -0.2) is 38.4 Å². The largest absolute Gasteiger partial charge is 0.377 e. The van der Waals surface area contributed by atoms with Gasteiger partial charge in [-0.2, -0.15) is 0 Å². The minimum Gasteiger partial charge on any atom is -0.377 e. The fourth-order valence-electron chi connectivity index (χ4n) is 0.999. The Morgan fingerprint density at radius 1 is 1.27 bits per heavy atom. The lowest BCUT2D eigenvalue weighted by Gasteiger charge is -2.18. The van der Waals surface area contributed by atoms with Gasteiger partial charge in [0.25, 0.3) is 0 Å². The fraction of sp³-hybridized carbons (Fsp3) is 0.900. The maximum Gasteiger partial charge on any atom is 0.158 e. The number of hydrogen-bond donors (Lipinski definition) is 0. The predicted molar refractivity (Wildman–Crippen MR) is 59.7 cm³/mol. The van der Waals surface area contributed by atoms with E-state index in [1.54, 1.807) is 20.8 Å². The number of rotatable bonds is 6. The van der Waals surface area contributed by atoms with Crippen LogP contribution in [0, 0.1) is 0 Å². The van der Waals surface area contributed by atoms with Crippen molar-refractivity contribution in [2.24, 2.45) is 0 Å². The molecule has 0 aromatic heterocycles. The number of hydrogen-bond acceptors (Lipinski definition) is 4. The second kappa shape index (κ2) is 5.61. The molecule has 4 nitrogen and oxygen atoms in total. The van der Waals surface area contributed by atoms with Crippen LogP contribution >= 0.6 is 0 Å². The molecule has 0 aliphatic carbocycles. The summed E-state index contributed by atoms with van der Waals surface area (Å²) in [5.41, 5.74) is 0. The third-order valence-electron chi connectivity index (χ3n) is 2.11. The van der Waals surface area contributed by atoms with Crippen LogP contribution in [0.25, 0.3) is 0 Å². The zero-order valence-corrected chi connectivity index (χ0v) is 10.7. The molecule has 0 N–H and O–H groups in total. The van der Waals surface area contributed by atoms with Crippen LogP contribution in [0.5, 0.6) is 0 Å². The standard InChI is InChI=1S/C10H20O4S/c1-10(2,3)15(12,13)7-5-6-9(11)8-14-4/h5-8H2,1-4H3. The van der Waals surface area contributed by atoms with Crippen molar-refractivity contribution in [3.05, 3.63) is 0 Å². The Morgan fingerprint density at radius 2 is 1.80 bits per heavy atom. The van der Waals surface area contributed by atoms with Crippen LogP contribution in [0.4, 0.5) is 0 Å². The van der Waals surface area contributed by atoms with Crippen molar-refractivity contribution in [1.29, 1.82) is 0 Å². The van der Waals surface area contributed by atoms with E-state index in [-0.39, 0.29) is 24.6 Å². The van der Waals surface area contributed by atoms with E-state index in [4.69, 9.17) is 0 Å². The number of ether oxygens (including phenoxy) is 1. The highest BCUT2D eigenvalue weighted by atomic mass is 32.2. The van der Waals surface area contributed by atoms with Crippen molar-refractivity contribution >= 4 is 15.6 Å². The summed E-state index contributed by atoms with van der Waals surface area (Å²) in [4.78, 5) is 11.1. The number of carbonyl (C=O) groups excluding carboxylic acids is 1. The van der Waals surface area contributed by atoms with Crippen molar-refractivity contribution in [2.45, 2.75) is 38.4 Å². The zero-order valence-electron chi connectivity index (χ0n) is 9.87. The van der Waals surface area contributed by atoms with Gasteiger partial charge in [-0.3, -0.25) is 4.79 Å². The Kier molecular flexibility index (Phi) is 5.45. The molecular formula is C10H20O4S. The molecule has 0 spiro atoms. The van der Waals surface area contributed by atoms with Gasteiger partial charge >= 0.3 is 0 Å². The number of sulfone groups is 1. The molecule has 0 bridgehead atoms. The quantitative estimate of drug-likeness (QED) is 0.695. The molecular weight excluding hydrogens is 216 g/mol. The monoisotopic (exact) mass is 236 g/mol. The van der Waals surface area contributed by atoms with E-state index >= 15 is 0 Å². The molecule has 0 unspecified atom stereocenters. The van der Waals surface area contributed by atoms with Gasteiger partial charge in [0.1, 0.15) is 6.61 Å². The maximum atomic E-state index is 11.6. The molecule has 0 fully saturated rings. The van der Waals surface area contributed by atoms with Gasteiger partial charge in [-0.05, 0) is 27.2 Å². The lowest BCUT2D eigenvalue weighted by molar-refractivity contribution is -0.122. The molecule has 0 aliphatic heterocycles. The van der Waals surface area contributed by atoms with E-state index in [0.717, 1.165) is 0 Å². The minimum absolute atomic E-state index is 0.0541. The Morgan fingerprint density at radius 3 is 2.20 bits per heavy atom. The highest BCUT2D eigenvalue weighted by Crippen LogP contribution is 2.17. The van der Waals surface area contributed by atoms with Crippen molar-refractivity contribution in [2.75, 3.05) is 19.5 Å². The van der Waals surface area contributed by atoms with E-state index in [0.29, 0.717) is 6.42 Å². The van der Waals surface area contributed by atoms with Crippen LogP contribution in [-0.2, 0) is 19.4 Å². The fourth-order valence-corrected chi connectivity index (χ4v) is 2.14. The Hall–Kier alpha value is -0.420. The second-order valence-corrected chi connectivity index (χ2v) is 7.37. The SMILES string of the molecule is COCC(=O)CCCS(=O)(=O)C(C)(C)C. The molecule has 0 aromatic carbocycles. The molecule has 0 heterocycles. The molecule has 5 heteroatoms. The van der Waals surface area contributed by atoms with E-state index in [1.165, 1.54) is 7.11 Å². The average Bonchev–Trinajstić information content (AvgIpc) is 2.01. The Balaban J connectivity index is 4.03. The van der Waals surface area contributed by atoms with Gasteiger partial charge in [-0.25, -0.2) is 8.42 Å². The number of Topliss-reactive ketones (excluding diaryl/α,β-unsaturated/α-hetero) is 1. The van der Waals surface area contributed by atoms with E-state index in [1.807, 2.05) is 0 Å². The molecule has 90 valence electrons. The minimum atomic E-state index is -3.10. The van der Waals surface area contributed by atoms with E-state index in [9.17, 15) is 13.2 Å². The summed E-state index contributed by atoms with van der Waals surface area (Å²) < 4.78 is 27.2. The van der Waals surface area contributed by atoms with Crippen molar-refractivity contribution < 1.29 is 17.9 Å². The first-order valence-electron chi connectivity index (χ1n) is 4.93. The average molecular weight is 236 g/mol. The number of ketones is 1. The summed E-state index contributed by atoms with van der Waals surface area (Å²) in [5.74, 6) is 0.00740. The zero-order chi connectivity index (χ0) is 12.1. The topological polar surface area (TPSA) is 60.4 Å². The van der Waals surface area contributed by atoms with Crippen LogP contribution in [0.15, 0.2) is 0 Å². The first-order chi connectivity index (χ1) is 6.70. The number of carbonyl (C=O) groups is 1. The van der Waals surface area contributed by atoms with Gasteiger partial charge in [-0.1, -0.05) is 0 Å². The summed E-state index contributed by atoms with van der Waals surface area (Å²) in [5, 5.41) is 0. The van der Waals surface area contributed by atoms with Gasteiger partial charge < -0.3 is 4.74 Å². The van der Waals surface area contributed by atoms with Crippen LogP contribution in [0.2, 0.25) is 0 Å². The normalized spacial score (nSPS) is 12.8. The maximum absolute atomic E-state index is 11.6. The lowest BCUT2D eigenvalue weighted by atomic mass is 10.2. The molecule has 0 aromatic rings. The highest BCUT2D eigenvalue weighted by molar-refractivity contribution is 7.92. The first kappa shape index (κ1) is 14.6. The predicted octanol–water partition coefficient (Wildman–Crippen LogP) is 1.20. The van der Waals surface area contributed by atoms with Crippen LogP contribution in [0.3, 0.4) is 0 Å². The summed E-state index contributed by atoms with van der Waals surface area (Å²) >= 11 is 0. The first-order valence-corrected chi connectivity index (χ1v) is 6.59. The van der Waals surface area contributed by atoms with Crippen molar-refractivity contribution in [3.8, 4) is 0 Å². The summed E-state index contributed by atoms with van der Waals surface area (Å²) in [6.07, 6.45) is 0.644.